The fraction of sp³-hybridized carbons (Fsp3) is 0. The van der Waals surface area contributed by atoms with Gasteiger partial charge >= 0.3 is 0 Å². The molecule has 7 heteroatoms. The molecule has 0 atom stereocenters. The molecule has 3 aromatic rings. The number of amides is 1. The first-order chi connectivity index (χ1) is 12.5. The van der Waals surface area contributed by atoms with Crippen molar-refractivity contribution in [3.8, 4) is 6.07 Å². The molecule has 0 bridgehead atoms. The van der Waals surface area contributed by atoms with Gasteiger partial charge in [0.1, 0.15) is 5.82 Å². The van der Waals surface area contributed by atoms with Crippen LogP contribution in [0.5, 0.6) is 0 Å². The van der Waals surface area contributed by atoms with Crippen molar-refractivity contribution in [3.05, 3.63) is 82.0 Å². The predicted molar refractivity (Wildman–Crippen MR) is 103 cm³/mol. The van der Waals surface area contributed by atoms with Crippen molar-refractivity contribution in [1.82, 2.24) is 4.98 Å². The van der Waals surface area contributed by atoms with Gasteiger partial charge in [-0.3, -0.25) is 4.79 Å². The summed E-state index contributed by atoms with van der Waals surface area (Å²) in [4.78, 5) is 16.6. The van der Waals surface area contributed by atoms with E-state index in [-0.39, 0.29) is 5.91 Å². The topological polar surface area (TPSA) is 77.8 Å². The lowest BCUT2D eigenvalue weighted by atomic mass is 10.2. The van der Waals surface area contributed by atoms with E-state index in [9.17, 15) is 4.79 Å². The Morgan fingerprint density at radius 1 is 0.962 bits per heavy atom. The maximum absolute atomic E-state index is 12.4. The number of rotatable bonds is 4. The second-order valence-corrected chi connectivity index (χ2v) is 6.14. The number of anilines is 3. The first kappa shape index (κ1) is 17.7. The van der Waals surface area contributed by atoms with Crippen molar-refractivity contribution in [2.24, 2.45) is 0 Å². The van der Waals surface area contributed by atoms with Gasteiger partial charge in [0.05, 0.1) is 21.7 Å². The van der Waals surface area contributed by atoms with E-state index in [2.05, 4.69) is 15.6 Å². The van der Waals surface area contributed by atoms with E-state index in [1.54, 1.807) is 54.6 Å². The number of pyridine rings is 1. The first-order valence-electron chi connectivity index (χ1n) is 7.55. The molecule has 0 saturated carbocycles. The summed E-state index contributed by atoms with van der Waals surface area (Å²) in [6.07, 6.45) is 1.54. The second kappa shape index (κ2) is 7.87. The summed E-state index contributed by atoms with van der Waals surface area (Å²) >= 11 is 11.9. The highest BCUT2D eigenvalue weighted by Gasteiger charge is 2.08. The number of carbonyl (C=O) groups excluding carboxylic acids is 1. The maximum Gasteiger partial charge on any atom is 0.255 e. The van der Waals surface area contributed by atoms with E-state index in [4.69, 9.17) is 28.5 Å². The van der Waals surface area contributed by atoms with Gasteiger partial charge in [-0.15, -0.1) is 0 Å². The Morgan fingerprint density at radius 3 is 2.38 bits per heavy atom. The van der Waals surface area contributed by atoms with E-state index < -0.39 is 0 Å². The molecule has 5 nitrogen and oxygen atoms in total. The van der Waals surface area contributed by atoms with Gasteiger partial charge < -0.3 is 10.6 Å². The normalized spacial score (nSPS) is 10.0. The second-order valence-electron chi connectivity index (χ2n) is 5.33. The van der Waals surface area contributed by atoms with Crippen molar-refractivity contribution in [2.75, 3.05) is 10.6 Å². The third kappa shape index (κ3) is 4.31. The summed E-state index contributed by atoms with van der Waals surface area (Å²) in [7, 11) is 0. The SMILES string of the molecule is N#Cc1ccc(NC(=O)c2ccnc(Nc3ccc(Cl)c(Cl)c3)c2)cc1. The summed E-state index contributed by atoms with van der Waals surface area (Å²) < 4.78 is 0. The van der Waals surface area contributed by atoms with Crippen LogP contribution >= 0.6 is 23.2 Å². The van der Waals surface area contributed by atoms with Gasteiger partial charge in [0.25, 0.3) is 5.91 Å². The van der Waals surface area contributed by atoms with Crippen LogP contribution in [0.15, 0.2) is 60.8 Å². The monoisotopic (exact) mass is 382 g/mol. The van der Waals surface area contributed by atoms with Crippen molar-refractivity contribution >= 4 is 46.3 Å². The number of hydrogen-bond acceptors (Lipinski definition) is 4. The van der Waals surface area contributed by atoms with E-state index in [1.165, 1.54) is 6.20 Å². The van der Waals surface area contributed by atoms with Gasteiger partial charge in [-0.1, -0.05) is 23.2 Å². The molecule has 2 N–H and O–H groups in total. The molecule has 0 saturated heterocycles. The number of nitrogens with one attached hydrogen (secondary N) is 2. The van der Waals surface area contributed by atoms with Crippen LogP contribution in [0, 0.1) is 11.3 Å². The minimum absolute atomic E-state index is 0.283. The zero-order valence-corrected chi connectivity index (χ0v) is 14.8. The van der Waals surface area contributed by atoms with Crippen LogP contribution in [-0.2, 0) is 0 Å². The Balaban J connectivity index is 1.74. The number of nitrogens with zero attached hydrogens (tertiary/aromatic N) is 2. The van der Waals surface area contributed by atoms with Crippen LogP contribution in [0.3, 0.4) is 0 Å². The molecule has 0 aliphatic carbocycles. The molecule has 2 aromatic carbocycles. The third-order valence-corrected chi connectivity index (χ3v) is 4.23. The highest BCUT2D eigenvalue weighted by Crippen LogP contribution is 2.26. The van der Waals surface area contributed by atoms with Crippen LogP contribution in [-0.4, -0.2) is 10.9 Å². The molecule has 0 aliphatic heterocycles. The highest BCUT2D eigenvalue weighted by molar-refractivity contribution is 6.42. The van der Waals surface area contributed by atoms with Crippen LogP contribution in [0.25, 0.3) is 0 Å². The molecule has 0 spiro atoms. The molecule has 1 aromatic heterocycles. The summed E-state index contributed by atoms with van der Waals surface area (Å²) in [5.41, 5.74) is 2.27. The van der Waals surface area contributed by atoms with Gasteiger partial charge in [0.15, 0.2) is 0 Å². The van der Waals surface area contributed by atoms with Gasteiger partial charge in [0.2, 0.25) is 0 Å². The van der Waals surface area contributed by atoms with Crippen LogP contribution < -0.4 is 10.6 Å². The van der Waals surface area contributed by atoms with Crippen molar-refractivity contribution in [1.29, 1.82) is 5.26 Å². The van der Waals surface area contributed by atoms with E-state index >= 15 is 0 Å². The Bertz CT molecular complexity index is 997. The molecular formula is C19H12Cl2N4O. The maximum atomic E-state index is 12.4. The molecule has 0 unspecified atom stereocenters. The van der Waals surface area contributed by atoms with Gasteiger partial charge in [-0.05, 0) is 54.6 Å². The molecule has 128 valence electrons. The van der Waals surface area contributed by atoms with Crippen molar-refractivity contribution in [2.45, 2.75) is 0 Å². The Kier molecular flexibility index (Phi) is 5.37. The molecule has 26 heavy (non-hydrogen) atoms. The van der Waals surface area contributed by atoms with Crippen LogP contribution in [0.4, 0.5) is 17.2 Å². The third-order valence-electron chi connectivity index (χ3n) is 3.49. The minimum Gasteiger partial charge on any atom is -0.340 e. The fourth-order valence-corrected chi connectivity index (χ4v) is 2.49. The van der Waals surface area contributed by atoms with E-state index in [1.807, 2.05) is 6.07 Å². The molecular weight excluding hydrogens is 371 g/mol. The molecule has 1 heterocycles. The Morgan fingerprint density at radius 2 is 1.69 bits per heavy atom. The number of halogens is 2. The average molecular weight is 383 g/mol. The lowest BCUT2D eigenvalue weighted by Gasteiger charge is -2.09. The number of nitriles is 1. The fourth-order valence-electron chi connectivity index (χ4n) is 2.19. The van der Waals surface area contributed by atoms with Crippen LogP contribution in [0.2, 0.25) is 10.0 Å². The molecule has 3 rings (SSSR count). The van der Waals surface area contributed by atoms with Gasteiger partial charge in [0, 0.05) is 23.1 Å². The quantitative estimate of drug-likeness (QED) is 0.645. The Hall–Kier alpha value is -3.07. The summed E-state index contributed by atoms with van der Waals surface area (Å²) in [5.74, 6) is 0.213. The van der Waals surface area contributed by atoms with Gasteiger partial charge in [-0.25, -0.2) is 4.98 Å². The molecule has 1 amide bonds. The summed E-state index contributed by atoms with van der Waals surface area (Å²) in [5, 5.41) is 15.5. The minimum atomic E-state index is -0.283. The summed E-state index contributed by atoms with van der Waals surface area (Å²) in [6.45, 7) is 0. The van der Waals surface area contributed by atoms with Crippen molar-refractivity contribution < 1.29 is 4.79 Å². The zero-order valence-electron chi connectivity index (χ0n) is 13.3. The number of benzene rings is 2. The smallest absolute Gasteiger partial charge is 0.255 e. The van der Waals surface area contributed by atoms with E-state index in [0.29, 0.717) is 38.4 Å². The number of carbonyl (C=O) groups is 1. The van der Waals surface area contributed by atoms with Gasteiger partial charge in [-0.2, -0.15) is 5.26 Å². The van der Waals surface area contributed by atoms with E-state index in [0.717, 1.165) is 0 Å². The summed E-state index contributed by atoms with van der Waals surface area (Å²) in [6, 6.07) is 17.0. The standard InChI is InChI=1S/C19H12Cl2N4O/c20-16-6-5-15(10-17(16)21)24-18-9-13(7-8-23-18)19(26)25-14-3-1-12(11-22)2-4-14/h1-10H,(H,23,24)(H,25,26). The number of aromatic nitrogens is 1. The highest BCUT2D eigenvalue weighted by atomic mass is 35.5. The van der Waals surface area contributed by atoms with Crippen molar-refractivity contribution in [3.63, 3.8) is 0 Å². The van der Waals surface area contributed by atoms with Crippen LogP contribution in [0.1, 0.15) is 15.9 Å². The molecule has 0 fully saturated rings. The Labute approximate surface area is 160 Å². The molecule has 0 aliphatic rings. The molecule has 0 radical (unpaired) electrons. The average Bonchev–Trinajstić information content (AvgIpc) is 2.65. The lowest BCUT2D eigenvalue weighted by molar-refractivity contribution is 0.102. The predicted octanol–water partition coefficient (Wildman–Crippen LogP) is 5.26. The zero-order chi connectivity index (χ0) is 18.5. The first-order valence-corrected chi connectivity index (χ1v) is 8.30. The largest absolute Gasteiger partial charge is 0.340 e. The lowest BCUT2D eigenvalue weighted by Crippen LogP contribution is -2.12. The number of hydrogen-bond donors (Lipinski definition) is 2.